The van der Waals surface area contributed by atoms with Crippen LogP contribution in [0, 0.1) is 10.7 Å². The maximum atomic E-state index is 11.9. The summed E-state index contributed by atoms with van der Waals surface area (Å²) < 4.78 is 62.2. The van der Waals surface area contributed by atoms with Gasteiger partial charge in [0.25, 0.3) is 11.7 Å². The van der Waals surface area contributed by atoms with Crippen LogP contribution in [0.4, 0.5) is 11.6 Å². The minimum Gasteiger partial charge on any atom is -0.423 e. The monoisotopic (exact) mass is 2340 g/mol. The van der Waals surface area contributed by atoms with E-state index >= 15 is 0 Å². The number of nitrogens with one attached hydrogen (secondary N) is 1. The summed E-state index contributed by atoms with van der Waals surface area (Å²) in [5.74, 6) is -7.69. The van der Waals surface area contributed by atoms with Gasteiger partial charge < -0.3 is 78.8 Å². The van der Waals surface area contributed by atoms with Crippen LogP contribution in [0.15, 0.2) is 172 Å². The number of rotatable bonds is 19. The molecule has 12 N–H and O–H groups in total. The van der Waals surface area contributed by atoms with E-state index in [1.165, 1.54) is 50.1 Å². The topological polar surface area (TPSA) is 483 Å². The molecule has 0 amide bonds. The third-order valence-corrected chi connectivity index (χ3v) is 32.1. The van der Waals surface area contributed by atoms with Crippen molar-refractivity contribution in [2.75, 3.05) is 23.3 Å². The molecule has 0 aliphatic carbocycles. The van der Waals surface area contributed by atoms with Crippen LogP contribution in [-0.2, 0) is 42.6 Å². The zero-order chi connectivity index (χ0) is 95.8. The number of aldehydes is 1. The second-order valence-corrected chi connectivity index (χ2v) is 49.6. The number of halogens is 11. The Balaban J connectivity index is 0.000000172. The Morgan fingerprint density at radius 1 is 0.438 bits per heavy atom. The number of benzene rings is 4. The first kappa shape index (κ1) is 107. The molecule has 1 atom stereocenters. The van der Waals surface area contributed by atoms with Gasteiger partial charge in [-0.2, -0.15) is 0 Å². The number of aromatic amines is 1. The van der Waals surface area contributed by atoms with E-state index in [0.29, 0.717) is 78.2 Å². The van der Waals surface area contributed by atoms with E-state index in [2.05, 4.69) is 225 Å². The number of aliphatic hydroxyl groups excluding tert-OH is 2. The first-order valence-electron chi connectivity index (χ1n) is 38.7. The highest BCUT2D eigenvalue weighted by atomic mass is 127. The van der Waals surface area contributed by atoms with E-state index in [4.69, 9.17) is 127 Å². The lowest BCUT2D eigenvalue weighted by atomic mass is 9.80. The fraction of sp³-hybridized carbons (Fsp3) is 0.247. The largest absolute Gasteiger partial charge is 0.488 e. The van der Waals surface area contributed by atoms with Gasteiger partial charge in [0.2, 0.25) is 0 Å². The van der Waals surface area contributed by atoms with Gasteiger partial charge in [0, 0.05) is 100 Å². The molecule has 0 saturated heterocycles. The maximum absolute atomic E-state index is 11.9. The summed E-state index contributed by atoms with van der Waals surface area (Å²) in [6, 6.07) is 30.2. The summed E-state index contributed by atoms with van der Waals surface area (Å²) in [5.41, 5.74) is 25.7. The van der Waals surface area contributed by atoms with Crippen LogP contribution in [0.25, 0.3) is 99.6 Å². The normalized spacial score (nSPS) is 12.0. The van der Waals surface area contributed by atoms with Gasteiger partial charge in [-0.15, -0.1) is 0 Å². The van der Waals surface area contributed by atoms with Crippen molar-refractivity contribution in [2.45, 2.75) is 119 Å². The molecule has 33 nitrogen and oxygen atoms in total. The van der Waals surface area contributed by atoms with Crippen molar-refractivity contribution >= 4 is 283 Å². The van der Waals surface area contributed by atoms with E-state index in [9.17, 15) is 38.2 Å². The van der Waals surface area contributed by atoms with Crippen LogP contribution in [0.3, 0.4) is 0 Å². The Morgan fingerprint density at radius 2 is 0.777 bits per heavy atom. The molecule has 12 aromatic heterocycles. The Bertz CT molecular complexity index is 6630. The fourth-order valence-electron chi connectivity index (χ4n) is 12.7. The molecular formula is C81H86BCl8I3N20O13P4. The van der Waals surface area contributed by atoms with Gasteiger partial charge in [0.05, 0.1) is 52.1 Å². The van der Waals surface area contributed by atoms with Crippen LogP contribution in [0.5, 0.6) is 0 Å². The van der Waals surface area contributed by atoms with Gasteiger partial charge in [-0.1, -0.05) is 125 Å². The SMILES string of the molecule is CC(C)n1cc(-c2cccc(CO)c2)c2c(Cl)ncnc21.CC(C)n1cc(-c2cccc(CO)c2)c2c(N)ncnc21.CC(C)n1cc(-c2cccc(COP(=O)(O)CP(=O)(O)O)c2)c2c(N)ncnc21.CC(C)n1cc(I)c2c(Cl)ncnc21.CC(C)n1cc(I)c2c(Cl)ncnc21.Clc1ncnc2[nH]cc(I)c12.O=Cc1cccc(B(O)O)c1.O=P(Cl)(Cl)CP(=O)(Cl)Cl. The van der Waals surface area contributed by atoms with Crippen molar-refractivity contribution < 1.29 is 62.5 Å². The molecule has 688 valence electrons. The molecule has 0 aliphatic heterocycles. The van der Waals surface area contributed by atoms with Gasteiger partial charge in [-0.05, 0) is 239 Å². The number of H-pyrrole nitrogens is 1. The Kier molecular flexibility index (Phi) is 39.0. The number of nitrogens with two attached hydrogens (primary N) is 2. The predicted molar refractivity (Wildman–Crippen MR) is 545 cm³/mol. The summed E-state index contributed by atoms with van der Waals surface area (Å²) in [4.78, 5) is 90.3. The number of nitrogen functional groups attached to an aromatic ring is 2. The maximum Gasteiger partial charge on any atom is 0.488 e. The van der Waals surface area contributed by atoms with Crippen LogP contribution >= 0.6 is 186 Å². The highest BCUT2D eigenvalue weighted by Crippen LogP contribution is 2.72. The molecule has 1 unspecified atom stereocenters. The molecular weight excluding hydrogens is 2260 g/mol. The smallest absolute Gasteiger partial charge is 0.423 e. The van der Waals surface area contributed by atoms with Crippen LogP contribution in [-0.4, -0.2) is 148 Å². The number of carbonyl (C=O) groups is 1. The van der Waals surface area contributed by atoms with Crippen LogP contribution in [0.2, 0.25) is 20.6 Å². The van der Waals surface area contributed by atoms with Crippen molar-refractivity contribution in [3.05, 3.63) is 226 Å². The fourth-order valence-corrected chi connectivity index (χ4v) is 27.9. The summed E-state index contributed by atoms with van der Waals surface area (Å²) in [5, 5.41) is 43.2. The van der Waals surface area contributed by atoms with Crippen molar-refractivity contribution in [3.63, 3.8) is 0 Å². The van der Waals surface area contributed by atoms with Crippen LogP contribution in [0.1, 0.15) is 126 Å². The number of aromatic nitrogens is 18. The van der Waals surface area contributed by atoms with Gasteiger partial charge in [0.15, 0.2) is 5.90 Å². The minimum absolute atomic E-state index is 0.0148. The van der Waals surface area contributed by atoms with Gasteiger partial charge >= 0.3 is 22.3 Å². The number of aliphatic hydroxyl groups is 2. The first-order valence-corrected chi connectivity index (χ1v) is 54.4. The Labute approximate surface area is 826 Å². The van der Waals surface area contributed by atoms with Crippen molar-refractivity contribution in [3.8, 4) is 33.4 Å². The number of nitrogens with zero attached hydrogens (tertiary/aromatic N) is 17. The highest BCUT2D eigenvalue weighted by molar-refractivity contribution is 14.1. The van der Waals surface area contributed by atoms with Gasteiger partial charge in [-0.25, -0.2) is 59.8 Å². The molecule has 130 heavy (non-hydrogen) atoms. The molecule has 49 heteroatoms. The van der Waals surface area contributed by atoms with E-state index in [1.807, 2.05) is 91.6 Å². The molecule has 12 heterocycles. The third kappa shape index (κ3) is 28.8. The summed E-state index contributed by atoms with van der Waals surface area (Å²) in [6.45, 7) is 20.7. The van der Waals surface area contributed by atoms with E-state index in [-0.39, 0.29) is 37.9 Å². The number of fused-ring (bicyclic) bond motifs is 6. The minimum atomic E-state index is -4.67. The quantitative estimate of drug-likeness (QED) is 0.0118. The predicted octanol–water partition coefficient (Wildman–Crippen LogP) is 21.9. The second kappa shape index (κ2) is 47.5. The van der Waals surface area contributed by atoms with Crippen LogP contribution < -0.4 is 16.9 Å². The van der Waals surface area contributed by atoms with Crippen molar-refractivity contribution in [1.29, 1.82) is 0 Å². The molecule has 0 aliphatic rings. The van der Waals surface area contributed by atoms with Crippen molar-refractivity contribution in [2.24, 2.45) is 0 Å². The summed E-state index contributed by atoms with van der Waals surface area (Å²) >= 11 is 50.8. The number of carbonyl (C=O) groups excluding carboxylic acids is 1. The molecule has 16 aromatic rings. The number of anilines is 2. The molecule has 0 saturated carbocycles. The lowest BCUT2D eigenvalue weighted by Crippen LogP contribution is -2.29. The Morgan fingerprint density at radius 3 is 1.14 bits per heavy atom. The lowest BCUT2D eigenvalue weighted by Gasteiger charge is -2.13. The average molecular weight is 2350 g/mol. The molecule has 0 radical (unpaired) electrons. The number of hydrogen-bond donors (Lipinski definition) is 10. The summed E-state index contributed by atoms with van der Waals surface area (Å²) in [7, 11) is -10.6. The molecule has 4 aromatic carbocycles. The third-order valence-electron chi connectivity index (χ3n) is 18.6. The first-order chi connectivity index (χ1) is 61.1. The molecule has 0 fully saturated rings. The average Bonchev–Trinajstić information content (AvgIpc) is 1.61. The second-order valence-electron chi connectivity index (χ2n) is 29.7. The zero-order valence-electron chi connectivity index (χ0n) is 70.5. The highest BCUT2D eigenvalue weighted by Gasteiger charge is 2.32. The van der Waals surface area contributed by atoms with Gasteiger partial charge in [-0.3, -0.25) is 23.1 Å². The van der Waals surface area contributed by atoms with E-state index < -0.39 is 45.8 Å². The number of hydrogen-bond acceptors (Lipinski definition) is 24. The molecule has 16 rings (SSSR count). The Hall–Kier alpha value is -6.96. The van der Waals surface area contributed by atoms with E-state index in [1.54, 1.807) is 30.3 Å². The standard InChI is InChI=1S/C17H22N4O6P2.C16H16ClN3O.C16H18N4O.2C9H9ClIN3.C7H7BO3.C6H3ClIN3.CH2Cl4O2P2/c1-11(2)21-7-14(15-16(18)19-9-20-17(15)21)13-5-3-4-12(6-13)8-27-29(25,26)10-28(22,23)24;2*1-10(2)20-7-13(12-5-3-4-11(6-12)8-21)14-15(17)18-9-19-16(14)20;2*1-5(2)14-3-6(11)7-8(10)12-4-13-9(7)14;9-5-6-2-1-3-7(4-6)8(10)11;7-5-4-3(8)1-9-6(4)11-2-10-5;2-8(3,6)1-9(4,5)7/h3-7,9,11H,8,10H2,1-2H3,(H,25,26)(H2,18,19,20)(H2,22,23,24);3-7,9-10,21H,8H2,1-2H3;3-7,9-10,21H,8H2,1-2H3,(H2,17,18,19);2*3-5H,1-2H3;1-5,10-11H;1-2H,(H,9,10,11);1H2. The zero-order valence-corrected chi connectivity index (χ0v) is 86.6. The van der Waals surface area contributed by atoms with E-state index in [0.717, 1.165) is 110 Å². The molecule has 0 bridgehead atoms. The summed E-state index contributed by atoms with van der Waals surface area (Å²) in [6.07, 6.45) is 21.5. The lowest BCUT2D eigenvalue weighted by molar-refractivity contribution is 0.112. The van der Waals surface area contributed by atoms with Gasteiger partial charge in [0.1, 0.15) is 116 Å². The van der Waals surface area contributed by atoms with Crippen molar-refractivity contribution in [1.82, 2.24) is 87.6 Å². The molecule has 0 spiro atoms.